The number of aromatic nitrogens is 6. The molecule has 0 spiro atoms. The number of rotatable bonds is 0. The molecule has 0 bridgehead atoms. The molecule has 0 N–H and O–H groups in total. The van der Waals surface area contributed by atoms with Crippen LogP contribution >= 0.6 is 31.8 Å². The monoisotopic (exact) mass is 748 g/mol. The summed E-state index contributed by atoms with van der Waals surface area (Å²) >= 11 is -0.346. The summed E-state index contributed by atoms with van der Waals surface area (Å²) in [7, 11) is 9.71. The SMILES string of the molecule is Cl.[Cl][Ru][Cl].c1cnc2c(c1)ccc1cccnc12.c1cnc2c(c1)ccc1cccnc12.c1cnc2c(c1)ccc1cccnc12. The van der Waals surface area contributed by atoms with Gasteiger partial charge < -0.3 is 0 Å². The van der Waals surface area contributed by atoms with Gasteiger partial charge in [0.25, 0.3) is 0 Å². The van der Waals surface area contributed by atoms with Crippen molar-refractivity contribution in [2.24, 2.45) is 0 Å². The average Bonchev–Trinajstić information content (AvgIpc) is 3.12. The molecule has 6 nitrogen and oxygen atoms in total. The van der Waals surface area contributed by atoms with E-state index in [1.807, 2.05) is 36.4 Å². The Morgan fingerprint density at radius 3 is 0.609 bits per heavy atom. The van der Waals surface area contributed by atoms with Crippen molar-refractivity contribution in [1.29, 1.82) is 0 Å². The second kappa shape index (κ2) is 16.3. The van der Waals surface area contributed by atoms with Gasteiger partial charge in [0.05, 0.1) is 33.1 Å². The molecule has 9 aromatic rings. The minimum atomic E-state index is -0.346. The van der Waals surface area contributed by atoms with E-state index in [2.05, 4.69) is 103 Å². The molecule has 46 heavy (non-hydrogen) atoms. The summed E-state index contributed by atoms with van der Waals surface area (Å²) in [6.07, 6.45) is 10.8. The van der Waals surface area contributed by atoms with Crippen LogP contribution in [0.15, 0.2) is 146 Å². The molecule has 0 saturated heterocycles. The molecule has 0 amide bonds. The van der Waals surface area contributed by atoms with Crippen molar-refractivity contribution >= 4 is 97.2 Å². The van der Waals surface area contributed by atoms with Crippen LogP contribution in [0.1, 0.15) is 0 Å². The van der Waals surface area contributed by atoms with E-state index in [1.54, 1.807) is 37.2 Å². The summed E-state index contributed by atoms with van der Waals surface area (Å²) in [6, 6.07) is 36.4. The third kappa shape index (κ3) is 7.52. The molecule has 0 aliphatic rings. The maximum absolute atomic E-state index is 4.85. The number of nitrogens with zero attached hydrogens (tertiary/aromatic N) is 6. The van der Waals surface area contributed by atoms with E-state index in [0.717, 1.165) is 65.4 Å². The third-order valence-electron chi connectivity index (χ3n) is 7.03. The molecule has 228 valence electrons. The number of halogens is 3. The molecule has 0 saturated carbocycles. The minimum absolute atomic E-state index is 0. The topological polar surface area (TPSA) is 77.3 Å². The number of hydrogen-bond acceptors (Lipinski definition) is 6. The van der Waals surface area contributed by atoms with E-state index in [9.17, 15) is 0 Å². The summed E-state index contributed by atoms with van der Waals surface area (Å²) in [4.78, 5) is 26.1. The van der Waals surface area contributed by atoms with E-state index >= 15 is 0 Å². The minimum Gasteiger partial charge on any atom is -0.254 e. The Labute approximate surface area is 287 Å². The molecule has 0 fully saturated rings. The van der Waals surface area contributed by atoms with Crippen LogP contribution < -0.4 is 0 Å². The Kier molecular flexibility index (Phi) is 11.7. The van der Waals surface area contributed by atoms with Gasteiger partial charge in [0, 0.05) is 69.5 Å². The van der Waals surface area contributed by atoms with Gasteiger partial charge in [-0.05, 0) is 36.4 Å². The molecule has 3 aromatic carbocycles. The fourth-order valence-electron chi connectivity index (χ4n) is 5.04. The van der Waals surface area contributed by atoms with Crippen LogP contribution in [0, 0.1) is 0 Å². The van der Waals surface area contributed by atoms with Crippen molar-refractivity contribution in [3.05, 3.63) is 146 Å². The van der Waals surface area contributed by atoms with Gasteiger partial charge in [0.15, 0.2) is 0 Å². The first-order valence-electron chi connectivity index (χ1n) is 13.9. The predicted molar refractivity (Wildman–Crippen MR) is 190 cm³/mol. The number of pyridine rings is 6. The molecule has 0 atom stereocenters. The first-order valence-corrected chi connectivity index (χ1v) is 18.3. The van der Waals surface area contributed by atoms with Crippen LogP contribution in [0.2, 0.25) is 0 Å². The predicted octanol–water partition coefficient (Wildman–Crippen LogP) is 10.1. The molecule has 6 heterocycles. The third-order valence-corrected chi connectivity index (χ3v) is 7.03. The largest absolute Gasteiger partial charge is 0.254 e. The zero-order chi connectivity index (χ0) is 30.8. The molecule has 10 heteroatoms. The van der Waals surface area contributed by atoms with Crippen LogP contribution in [0.4, 0.5) is 0 Å². The first kappa shape index (κ1) is 33.0. The van der Waals surface area contributed by atoms with Crippen molar-refractivity contribution in [3.8, 4) is 0 Å². The summed E-state index contributed by atoms with van der Waals surface area (Å²) in [5.41, 5.74) is 5.86. The van der Waals surface area contributed by atoms with Crippen LogP contribution in [0.25, 0.3) is 65.4 Å². The van der Waals surface area contributed by atoms with Crippen LogP contribution in [0.3, 0.4) is 0 Å². The molecule has 6 aromatic heterocycles. The molecule has 0 unspecified atom stereocenters. The maximum Gasteiger partial charge on any atom is 0.0964 e. The van der Waals surface area contributed by atoms with Crippen molar-refractivity contribution in [1.82, 2.24) is 29.9 Å². The van der Waals surface area contributed by atoms with Gasteiger partial charge >= 0.3 is 34.5 Å². The van der Waals surface area contributed by atoms with Gasteiger partial charge in [-0.25, -0.2) is 0 Å². The standard InChI is InChI=1S/3C12H8N2.3ClH.Ru/c3*1-3-9-5-6-10-4-2-8-14-12(10)11(9)13-7-1;;;;/h3*1-8H;3*1H;/q;;;;;;+2/p-2. The quantitative estimate of drug-likeness (QED) is 0.114. The maximum atomic E-state index is 4.85. The fourth-order valence-corrected chi connectivity index (χ4v) is 5.04. The molecular weight excluding hydrogens is 724 g/mol. The Bertz CT molecular complexity index is 1950. The molecular formula is C36H25Cl3N6Ru. The summed E-state index contributed by atoms with van der Waals surface area (Å²) in [5.74, 6) is 0. The first-order chi connectivity index (χ1) is 22.3. The number of fused-ring (bicyclic) bond motifs is 9. The van der Waals surface area contributed by atoms with Crippen LogP contribution in [-0.2, 0) is 15.1 Å². The van der Waals surface area contributed by atoms with E-state index in [0.29, 0.717) is 0 Å². The summed E-state index contributed by atoms with van der Waals surface area (Å²) in [5, 5.41) is 6.83. The second-order valence-electron chi connectivity index (χ2n) is 9.70. The van der Waals surface area contributed by atoms with E-state index in [-0.39, 0.29) is 27.6 Å². The normalized spacial score (nSPS) is 10.4. The second-order valence-corrected chi connectivity index (χ2v) is 12.3. The van der Waals surface area contributed by atoms with Gasteiger partial charge in [0.1, 0.15) is 0 Å². The van der Waals surface area contributed by atoms with Gasteiger partial charge in [0.2, 0.25) is 0 Å². The van der Waals surface area contributed by atoms with Crippen LogP contribution in [0.5, 0.6) is 0 Å². The van der Waals surface area contributed by atoms with Gasteiger partial charge in [-0.3, -0.25) is 29.9 Å². The van der Waals surface area contributed by atoms with E-state index < -0.39 is 0 Å². The zero-order valence-electron chi connectivity index (χ0n) is 24.1. The van der Waals surface area contributed by atoms with Crippen molar-refractivity contribution in [2.75, 3.05) is 0 Å². The van der Waals surface area contributed by atoms with Crippen molar-refractivity contribution < 1.29 is 15.1 Å². The number of hydrogen-bond donors (Lipinski definition) is 0. The van der Waals surface area contributed by atoms with E-state index in [4.69, 9.17) is 19.4 Å². The number of benzene rings is 3. The fraction of sp³-hybridized carbons (Fsp3) is 0. The van der Waals surface area contributed by atoms with Gasteiger partial charge in [-0.1, -0.05) is 72.8 Å². The van der Waals surface area contributed by atoms with Crippen molar-refractivity contribution in [3.63, 3.8) is 0 Å². The van der Waals surface area contributed by atoms with Gasteiger partial charge in [-0.15, -0.1) is 12.4 Å². The van der Waals surface area contributed by atoms with E-state index in [1.165, 1.54) is 0 Å². The Balaban J connectivity index is 0.000000129. The van der Waals surface area contributed by atoms with Crippen LogP contribution in [-0.4, -0.2) is 29.9 Å². The summed E-state index contributed by atoms with van der Waals surface area (Å²) < 4.78 is 0. The Hall–Kier alpha value is -4.39. The molecule has 0 aliphatic carbocycles. The smallest absolute Gasteiger partial charge is 0.0964 e. The molecule has 0 radical (unpaired) electrons. The molecule has 0 aliphatic heterocycles. The zero-order valence-corrected chi connectivity index (χ0v) is 28.1. The molecule has 9 rings (SSSR count). The van der Waals surface area contributed by atoms with Gasteiger partial charge in [-0.2, -0.15) is 0 Å². The summed E-state index contributed by atoms with van der Waals surface area (Å²) in [6.45, 7) is 0. The Morgan fingerprint density at radius 1 is 0.304 bits per heavy atom. The van der Waals surface area contributed by atoms with Crippen molar-refractivity contribution in [2.45, 2.75) is 0 Å². The average molecular weight is 749 g/mol. The Morgan fingerprint density at radius 2 is 0.457 bits per heavy atom.